The fraction of sp³-hybridized carbons (Fsp3) is 0.125. The number of benzene rings is 1. The van der Waals surface area contributed by atoms with Gasteiger partial charge in [-0.1, -0.05) is 0 Å². The third-order valence-corrected chi connectivity index (χ3v) is 4.05. The molecule has 0 aliphatic carbocycles. The molecule has 1 aromatic heterocycles. The highest BCUT2D eigenvalue weighted by Crippen LogP contribution is 2.25. The summed E-state index contributed by atoms with van der Waals surface area (Å²) in [4.78, 5) is 4.28. The average Bonchev–Trinajstić information content (AvgIpc) is 2.41. The summed E-state index contributed by atoms with van der Waals surface area (Å²) in [5.74, 6) is 0. The van der Waals surface area contributed by atoms with E-state index in [-0.39, 0.29) is 4.90 Å². The third kappa shape index (κ3) is 1.75. The Morgan fingerprint density at radius 1 is 1.43 bits per heavy atom. The van der Waals surface area contributed by atoms with Gasteiger partial charge in [-0.25, -0.2) is 13.4 Å². The van der Waals surface area contributed by atoms with Gasteiger partial charge in [0.05, 0.1) is 20.1 Å². The lowest BCUT2D eigenvalue weighted by atomic mass is 10.3. The maximum Gasteiger partial charge on any atom is 0.261 e. The van der Waals surface area contributed by atoms with Gasteiger partial charge in [0, 0.05) is 10.7 Å². The van der Waals surface area contributed by atoms with E-state index in [1.807, 2.05) is 6.92 Å². The first-order valence-electron chi connectivity index (χ1n) is 3.79. The van der Waals surface area contributed by atoms with Gasteiger partial charge in [-0.05, 0) is 25.1 Å². The Morgan fingerprint density at radius 3 is 2.79 bits per heavy atom. The molecule has 0 aliphatic rings. The first-order valence-corrected chi connectivity index (χ1v) is 6.91. The van der Waals surface area contributed by atoms with E-state index in [9.17, 15) is 8.42 Å². The van der Waals surface area contributed by atoms with Crippen molar-refractivity contribution in [1.82, 2.24) is 4.98 Å². The molecule has 0 radical (unpaired) electrons. The summed E-state index contributed by atoms with van der Waals surface area (Å²) in [5, 5.41) is 0.907. The van der Waals surface area contributed by atoms with Gasteiger partial charge in [-0.2, -0.15) is 0 Å². The number of hydrogen-bond acceptors (Lipinski definition) is 4. The maximum atomic E-state index is 11.0. The van der Waals surface area contributed by atoms with Crippen molar-refractivity contribution >= 4 is 41.3 Å². The number of aromatic nitrogens is 1. The summed E-state index contributed by atoms with van der Waals surface area (Å²) in [7, 11) is 1.57. The Bertz CT molecular complexity index is 588. The molecule has 3 nitrogen and oxygen atoms in total. The van der Waals surface area contributed by atoms with Crippen LogP contribution in [0.5, 0.6) is 0 Å². The van der Waals surface area contributed by atoms with Gasteiger partial charge in [-0.3, -0.25) is 0 Å². The van der Waals surface area contributed by atoms with Crippen molar-refractivity contribution in [2.24, 2.45) is 0 Å². The summed E-state index contributed by atoms with van der Waals surface area (Å²) in [6, 6.07) is 4.69. The van der Waals surface area contributed by atoms with Gasteiger partial charge in [0.25, 0.3) is 9.05 Å². The molecule has 74 valence electrons. The van der Waals surface area contributed by atoms with Crippen LogP contribution in [0.15, 0.2) is 23.1 Å². The highest BCUT2D eigenvalue weighted by Gasteiger charge is 2.11. The van der Waals surface area contributed by atoms with Crippen LogP contribution in [-0.4, -0.2) is 13.4 Å². The monoisotopic (exact) mass is 247 g/mol. The van der Waals surface area contributed by atoms with Gasteiger partial charge < -0.3 is 0 Å². The molecule has 0 saturated heterocycles. The van der Waals surface area contributed by atoms with Crippen molar-refractivity contribution in [2.75, 3.05) is 0 Å². The van der Waals surface area contributed by atoms with Gasteiger partial charge in [0.2, 0.25) is 0 Å². The minimum Gasteiger partial charge on any atom is -0.241 e. The Balaban J connectivity index is 2.74. The minimum absolute atomic E-state index is 0.0944. The van der Waals surface area contributed by atoms with Gasteiger partial charge in [0.15, 0.2) is 0 Å². The first-order chi connectivity index (χ1) is 6.47. The quantitative estimate of drug-likeness (QED) is 0.728. The number of halogens is 1. The van der Waals surface area contributed by atoms with Crippen molar-refractivity contribution in [3.8, 4) is 0 Å². The molecule has 0 fully saturated rings. The number of fused-ring (bicyclic) bond motifs is 1. The van der Waals surface area contributed by atoms with E-state index in [0.717, 1.165) is 9.71 Å². The predicted molar refractivity (Wildman–Crippen MR) is 57.4 cm³/mol. The largest absolute Gasteiger partial charge is 0.261 e. The lowest BCUT2D eigenvalue weighted by Gasteiger charge is -1.94. The Morgan fingerprint density at radius 2 is 2.14 bits per heavy atom. The molecule has 0 amide bonds. The van der Waals surface area contributed by atoms with Crippen LogP contribution in [0.3, 0.4) is 0 Å². The fourth-order valence-corrected chi connectivity index (χ4v) is 2.75. The number of nitrogens with zero attached hydrogens (tertiary/aromatic N) is 1. The van der Waals surface area contributed by atoms with Crippen molar-refractivity contribution in [3.05, 3.63) is 23.2 Å². The molecule has 1 aromatic carbocycles. The van der Waals surface area contributed by atoms with Crippen molar-refractivity contribution < 1.29 is 8.42 Å². The number of thiazole rings is 1. The zero-order valence-corrected chi connectivity index (χ0v) is 9.58. The van der Waals surface area contributed by atoms with E-state index >= 15 is 0 Å². The van der Waals surface area contributed by atoms with Crippen LogP contribution in [0, 0.1) is 6.92 Å². The average molecular weight is 248 g/mol. The molecule has 0 N–H and O–H groups in total. The maximum absolute atomic E-state index is 11.0. The van der Waals surface area contributed by atoms with E-state index in [2.05, 4.69) is 4.98 Å². The lowest BCUT2D eigenvalue weighted by molar-refractivity contribution is 0.609. The highest BCUT2D eigenvalue weighted by molar-refractivity contribution is 8.13. The summed E-state index contributed by atoms with van der Waals surface area (Å²) in [6.45, 7) is 1.87. The van der Waals surface area contributed by atoms with Crippen LogP contribution in [0.2, 0.25) is 0 Å². The SMILES string of the molecule is Cc1nc2cc(S(=O)(=O)Cl)ccc2s1. The topological polar surface area (TPSA) is 47.0 Å². The minimum atomic E-state index is -3.65. The molecule has 0 aliphatic heterocycles. The number of aryl methyl sites for hydroxylation is 1. The molecule has 0 atom stereocenters. The zero-order chi connectivity index (χ0) is 10.3. The van der Waals surface area contributed by atoms with Crippen molar-refractivity contribution in [2.45, 2.75) is 11.8 Å². The van der Waals surface area contributed by atoms with Crippen LogP contribution >= 0.6 is 22.0 Å². The van der Waals surface area contributed by atoms with Gasteiger partial charge in [0.1, 0.15) is 0 Å². The summed E-state index contributed by atoms with van der Waals surface area (Å²) in [5.41, 5.74) is 0.675. The van der Waals surface area contributed by atoms with Crippen LogP contribution in [0.4, 0.5) is 0 Å². The Labute approximate surface area is 89.8 Å². The van der Waals surface area contributed by atoms with Crippen molar-refractivity contribution in [3.63, 3.8) is 0 Å². The molecule has 0 saturated carbocycles. The molecule has 0 bridgehead atoms. The molecule has 1 heterocycles. The van der Waals surface area contributed by atoms with Crippen LogP contribution in [0.25, 0.3) is 10.2 Å². The molecule has 0 unspecified atom stereocenters. The number of rotatable bonds is 1. The van der Waals surface area contributed by atoms with E-state index < -0.39 is 9.05 Å². The van der Waals surface area contributed by atoms with E-state index in [0.29, 0.717) is 5.52 Å². The first kappa shape index (κ1) is 9.89. The second-order valence-electron chi connectivity index (χ2n) is 2.80. The molecule has 2 aromatic rings. The van der Waals surface area contributed by atoms with Crippen LogP contribution in [0.1, 0.15) is 5.01 Å². The van der Waals surface area contributed by atoms with Crippen LogP contribution in [-0.2, 0) is 9.05 Å². The molecular weight excluding hydrogens is 242 g/mol. The normalized spacial score (nSPS) is 12.1. The summed E-state index contributed by atoms with van der Waals surface area (Å²) in [6.07, 6.45) is 0. The molecule has 6 heteroatoms. The highest BCUT2D eigenvalue weighted by atomic mass is 35.7. The molecule has 14 heavy (non-hydrogen) atoms. The smallest absolute Gasteiger partial charge is 0.241 e. The van der Waals surface area contributed by atoms with Gasteiger partial charge in [-0.15, -0.1) is 11.3 Å². The lowest BCUT2D eigenvalue weighted by Crippen LogP contribution is -1.89. The summed E-state index contributed by atoms with van der Waals surface area (Å²) < 4.78 is 23.0. The van der Waals surface area contributed by atoms with Gasteiger partial charge >= 0.3 is 0 Å². The molecular formula is C8H6ClNO2S2. The van der Waals surface area contributed by atoms with Crippen LogP contribution < -0.4 is 0 Å². The molecule has 2 rings (SSSR count). The number of hydrogen-bond donors (Lipinski definition) is 0. The summed E-state index contributed by atoms with van der Waals surface area (Å²) >= 11 is 1.52. The van der Waals surface area contributed by atoms with E-state index in [1.54, 1.807) is 6.07 Å². The predicted octanol–water partition coefficient (Wildman–Crippen LogP) is 2.53. The second-order valence-corrected chi connectivity index (χ2v) is 6.60. The molecule has 0 spiro atoms. The standard InChI is InChI=1S/C8H6ClNO2S2/c1-5-10-7-4-6(14(9,11)12)2-3-8(7)13-5/h2-4H,1H3. The third-order valence-electron chi connectivity index (χ3n) is 1.75. The van der Waals surface area contributed by atoms with Crippen molar-refractivity contribution in [1.29, 1.82) is 0 Å². The van der Waals surface area contributed by atoms with E-state index in [4.69, 9.17) is 10.7 Å². The van der Waals surface area contributed by atoms with E-state index in [1.165, 1.54) is 23.5 Å². The second kappa shape index (κ2) is 3.18. The Hall–Kier alpha value is -0.650. The fourth-order valence-electron chi connectivity index (χ4n) is 1.17. The zero-order valence-electron chi connectivity index (χ0n) is 7.19. The Kier molecular flexibility index (Phi) is 2.25.